The van der Waals surface area contributed by atoms with Crippen molar-refractivity contribution in [3.63, 3.8) is 0 Å². The minimum absolute atomic E-state index is 0.137. The van der Waals surface area contributed by atoms with Gasteiger partial charge in [-0.05, 0) is 13.0 Å². The Bertz CT molecular complexity index is 671. The van der Waals surface area contributed by atoms with Gasteiger partial charge in [-0.25, -0.2) is 14.7 Å². The summed E-state index contributed by atoms with van der Waals surface area (Å²) in [6.07, 6.45) is 3.39. The average molecular weight is 244 g/mol. The van der Waals surface area contributed by atoms with Crippen LogP contribution in [0.3, 0.4) is 0 Å². The van der Waals surface area contributed by atoms with Crippen molar-refractivity contribution in [3.05, 3.63) is 52.5 Å². The van der Waals surface area contributed by atoms with E-state index in [0.29, 0.717) is 18.8 Å². The highest BCUT2D eigenvalue weighted by Gasteiger charge is 2.25. The maximum atomic E-state index is 12.3. The highest BCUT2D eigenvalue weighted by molar-refractivity contribution is 6.00. The maximum absolute atomic E-state index is 12.3. The van der Waals surface area contributed by atoms with Crippen LogP contribution in [0.4, 0.5) is 0 Å². The quantitative estimate of drug-likeness (QED) is 0.717. The number of carbonyl (C=O) groups is 1. The Morgan fingerprint density at radius 2 is 2.06 bits per heavy atom. The third-order valence-corrected chi connectivity index (χ3v) is 3.02. The summed E-state index contributed by atoms with van der Waals surface area (Å²) in [5, 5.41) is 1.58. The molecule has 0 spiro atoms. The number of imidazole rings is 1. The molecule has 1 aliphatic rings. The molecule has 0 aliphatic carbocycles. The van der Waals surface area contributed by atoms with E-state index in [-0.39, 0.29) is 11.5 Å². The maximum Gasteiger partial charge on any atom is 0.289 e. The molecule has 6 nitrogen and oxygen atoms in total. The van der Waals surface area contributed by atoms with Gasteiger partial charge in [-0.2, -0.15) is 0 Å². The number of carbonyl (C=O) groups excluding carboxylic acids is 1. The fraction of sp³-hybridized carbons (Fsp3) is 0.250. The molecular weight excluding hydrogens is 232 g/mol. The Balaban J connectivity index is 2.05. The summed E-state index contributed by atoms with van der Waals surface area (Å²) in [4.78, 5) is 28.0. The molecule has 18 heavy (non-hydrogen) atoms. The number of nitrogens with zero attached hydrogens (tertiary/aromatic N) is 4. The molecule has 2 aromatic heterocycles. The Hall–Kier alpha value is -2.37. The zero-order chi connectivity index (χ0) is 12.7. The van der Waals surface area contributed by atoms with Crippen LogP contribution in [0.15, 0.2) is 35.5 Å². The van der Waals surface area contributed by atoms with Gasteiger partial charge in [0.15, 0.2) is 0 Å². The van der Waals surface area contributed by atoms with Crippen LogP contribution < -0.4 is 10.6 Å². The summed E-state index contributed by atoms with van der Waals surface area (Å²) in [5.41, 5.74) is 1.13. The van der Waals surface area contributed by atoms with Gasteiger partial charge in [0.1, 0.15) is 12.0 Å². The topological polar surface area (TPSA) is 60.1 Å². The van der Waals surface area contributed by atoms with Gasteiger partial charge in [0, 0.05) is 18.8 Å². The van der Waals surface area contributed by atoms with Crippen molar-refractivity contribution >= 4 is 5.91 Å². The first-order valence-electron chi connectivity index (χ1n) is 5.69. The Kier molecular flexibility index (Phi) is 2.29. The van der Waals surface area contributed by atoms with Crippen LogP contribution in [0.2, 0.25) is 0 Å². The van der Waals surface area contributed by atoms with Gasteiger partial charge in [-0.1, -0.05) is 6.07 Å². The predicted octanol–water partition coefficient (Wildman–Crippen LogP) is 0.145. The van der Waals surface area contributed by atoms with E-state index >= 15 is 0 Å². The van der Waals surface area contributed by atoms with Crippen LogP contribution >= 0.6 is 0 Å². The number of hydrogen-bond donors (Lipinski definition) is 0. The second-order valence-electron chi connectivity index (χ2n) is 4.22. The van der Waals surface area contributed by atoms with Crippen molar-refractivity contribution in [1.82, 2.24) is 14.2 Å². The third kappa shape index (κ3) is 1.54. The minimum atomic E-state index is -0.184. The van der Waals surface area contributed by atoms with Crippen molar-refractivity contribution in [2.75, 3.05) is 11.6 Å². The van der Waals surface area contributed by atoms with Crippen molar-refractivity contribution < 1.29 is 4.79 Å². The van der Waals surface area contributed by atoms with E-state index in [0.717, 1.165) is 5.69 Å². The van der Waals surface area contributed by atoms with E-state index in [9.17, 15) is 9.59 Å². The molecule has 0 N–H and O–H groups in total. The molecule has 0 saturated heterocycles. The summed E-state index contributed by atoms with van der Waals surface area (Å²) >= 11 is 0. The van der Waals surface area contributed by atoms with Gasteiger partial charge in [-0.3, -0.25) is 9.59 Å². The molecule has 0 radical (unpaired) electrons. The number of amides is 1. The van der Waals surface area contributed by atoms with Gasteiger partial charge in [0.05, 0.1) is 12.2 Å². The summed E-state index contributed by atoms with van der Waals surface area (Å²) in [5.74, 6) is -0.184. The monoisotopic (exact) mass is 244 g/mol. The largest absolute Gasteiger partial charge is 0.302 e. The lowest BCUT2D eigenvalue weighted by atomic mass is 10.2. The van der Waals surface area contributed by atoms with Crippen LogP contribution in [0.5, 0.6) is 0 Å². The van der Waals surface area contributed by atoms with Crippen molar-refractivity contribution in [2.24, 2.45) is 0 Å². The van der Waals surface area contributed by atoms with Gasteiger partial charge < -0.3 is 4.57 Å². The fourth-order valence-corrected chi connectivity index (χ4v) is 2.13. The standard InChI is InChI=1S/C12H12N4O2/c1-9-7-14(8-13-9)16-6-5-15-10(12(16)18)3-2-4-11(15)17/h2-4,7-8H,5-6H2,1H3. The first kappa shape index (κ1) is 10.8. The highest BCUT2D eigenvalue weighted by atomic mass is 16.2. The van der Waals surface area contributed by atoms with Crippen LogP contribution in [0, 0.1) is 6.92 Å². The molecule has 0 unspecified atom stereocenters. The molecule has 0 fully saturated rings. The normalized spacial score (nSPS) is 14.7. The van der Waals surface area contributed by atoms with E-state index in [4.69, 9.17) is 0 Å². The highest BCUT2D eigenvalue weighted by Crippen LogP contribution is 2.09. The van der Waals surface area contributed by atoms with E-state index in [1.807, 2.05) is 6.92 Å². The smallest absolute Gasteiger partial charge is 0.289 e. The number of pyridine rings is 1. The number of aryl methyl sites for hydroxylation is 1. The molecule has 1 amide bonds. The molecule has 0 atom stereocenters. The molecule has 0 aromatic carbocycles. The molecular formula is C12H12N4O2. The summed E-state index contributed by atoms with van der Waals surface area (Å²) in [6, 6.07) is 4.74. The lowest BCUT2D eigenvalue weighted by molar-refractivity contribution is 0.0931. The van der Waals surface area contributed by atoms with Gasteiger partial charge in [0.25, 0.3) is 11.5 Å². The molecule has 1 aliphatic heterocycles. The first-order chi connectivity index (χ1) is 8.66. The van der Waals surface area contributed by atoms with Crippen LogP contribution in [0.25, 0.3) is 0 Å². The molecule has 3 rings (SSSR count). The minimum Gasteiger partial charge on any atom is -0.302 e. The van der Waals surface area contributed by atoms with Crippen LogP contribution in [0.1, 0.15) is 16.2 Å². The van der Waals surface area contributed by atoms with Crippen LogP contribution in [-0.2, 0) is 6.54 Å². The second-order valence-corrected chi connectivity index (χ2v) is 4.22. The summed E-state index contributed by atoms with van der Waals surface area (Å²) < 4.78 is 3.17. The van der Waals surface area contributed by atoms with E-state index in [2.05, 4.69) is 4.98 Å². The molecule has 6 heteroatoms. The zero-order valence-corrected chi connectivity index (χ0v) is 9.91. The Morgan fingerprint density at radius 1 is 1.22 bits per heavy atom. The van der Waals surface area contributed by atoms with Gasteiger partial charge >= 0.3 is 0 Å². The average Bonchev–Trinajstić information content (AvgIpc) is 2.77. The van der Waals surface area contributed by atoms with E-state index in [1.54, 1.807) is 34.3 Å². The Labute approximate surface area is 103 Å². The van der Waals surface area contributed by atoms with Crippen molar-refractivity contribution in [3.8, 4) is 0 Å². The van der Waals surface area contributed by atoms with Crippen LogP contribution in [-0.4, -0.2) is 26.7 Å². The zero-order valence-electron chi connectivity index (χ0n) is 9.91. The third-order valence-electron chi connectivity index (χ3n) is 3.02. The summed E-state index contributed by atoms with van der Waals surface area (Å²) in [6.45, 7) is 2.83. The summed E-state index contributed by atoms with van der Waals surface area (Å²) in [7, 11) is 0. The lowest BCUT2D eigenvalue weighted by Gasteiger charge is -2.29. The number of aromatic nitrogens is 3. The predicted molar refractivity (Wildman–Crippen MR) is 65.1 cm³/mol. The number of rotatable bonds is 1. The van der Waals surface area contributed by atoms with Crippen molar-refractivity contribution in [1.29, 1.82) is 0 Å². The first-order valence-corrected chi connectivity index (χ1v) is 5.69. The Morgan fingerprint density at radius 3 is 2.78 bits per heavy atom. The van der Waals surface area contributed by atoms with E-state index in [1.165, 1.54) is 10.6 Å². The van der Waals surface area contributed by atoms with Crippen molar-refractivity contribution in [2.45, 2.75) is 13.5 Å². The molecule has 2 aromatic rings. The number of fused-ring (bicyclic) bond motifs is 1. The molecule has 0 bridgehead atoms. The fourth-order valence-electron chi connectivity index (χ4n) is 2.13. The molecule has 3 heterocycles. The number of hydrogen-bond acceptors (Lipinski definition) is 3. The SMILES string of the molecule is Cc1cn(N2CCn3c(cccc3=O)C2=O)cn1. The van der Waals surface area contributed by atoms with Gasteiger partial charge in [-0.15, -0.1) is 0 Å². The molecule has 0 saturated carbocycles. The lowest BCUT2D eigenvalue weighted by Crippen LogP contribution is -2.49. The molecule has 92 valence electrons. The second kappa shape index (κ2) is 3.83. The van der Waals surface area contributed by atoms with Gasteiger partial charge in [0.2, 0.25) is 0 Å². The van der Waals surface area contributed by atoms with E-state index < -0.39 is 0 Å².